The lowest BCUT2D eigenvalue weighted by molar-refractivity contribution is 0.0947. The van der Waals surface area contributed by atoms with Crippen LogP contribution in [0.25, 0.3) is 5.69 Å². The van der Waals surface area contributed by atoms with Gasteiger partial charge in [-0.2, -0.15) is 9.90 Å². The first kappa shape index (κ1) is 16.1. The third-order valence-corrected chi connectivity index (χ3v) is 2.63. The van der Waals surface area contributed by atoms with Gasteiger partial charge >= 0.3 is 0 Å². The maximum absolute atomic E-state index is 11.8. The van der Waals surface area contributed by atoms with E-state index < -0.39 is 0 Å². The molecule has 0 radical (unpaired) electrons. The van der Waals surface area contributed by atoms with Crippen molar-refractivity contribution in [3.8, 4) is 5.69 Å². The van der Waals surface area contributed by atoms with E-state index >= 15 is 0 Å². The van der Waals surface area contributed by atoms with Crippen molar-refractivity contribution in [3.63, 3.8) is 0 Å². The highest BCUT2D eigenvalue weighted by molar-refractivity contribution is 5.91. The number of halogens is 1. The molecule has 0 saturated heterocycles. The minimum absolute atomic E-state index is 0. The van der Waals surface area contributed by atoms with Crippen LogP contribution in [0.2, 0.25) is 0 Å². The molecule has 6 nitrogen and oxygen atoms in total. The fourth-order valence-corrected chi connectivity index (χ4v) is 1.61. The molecule has 0 fully saturated rings. The summed E-state index contributed by atoms with van der Waals surface area (Å²) in [6.07, 6.45) is 3.23. The molecule has 0 saturated carbocycles. The van der Waals surface area contributed by atoms with Gasteiger partial charge in [0.2, 0.25) is 0 Å². The fourth-order valence-electron chi connectivity index (χ4n) is 1.61. The predicted octanol–water partition coefficient (Wildman–Crippen LogP) is 1.16. The Balaban J connectivity index is 0.00000200. The molecule has 0 aliphatic carbocycles. The van der Waals surface area contributed by atoms with Crippen LogP contribution < -0.4 is 11.1 Å². The molecule has 7 heteroatoms. The van der Waals surface area contributed by atoms with Gasteiger partial charge in [0.15, 0.2) is 5.69 Å². The van der Waals surface area contributed by atoms with Crippen molar-refractivity contribution in [2.75, 3.05) is 13.1 Å². The Labute approximate surface area is 123 Å². The summed E-state index contributed by atoms with van der Waals surface area (Å²) >= 11 is 0. The van der Waals surface area contributed by atoms with Crippen molar-refractivity contribution in [2.24, 2.45) is 5.73 Å². The quantitative estimate of drug-likeness (QED) is 0.783. The zero-order valence-corrected chi connectivity index (χ0v) is 11.8. The van der Waals surface area contributed by atoms with Crippen molar-refractivity contribution in [1.82, 2.24) is 20.3 Å². The average molecular weight is 296 g/mol. The second kappa shape index (κ2) is 8.29. The van der Waals surface area contributed by atoms with E-state index in [2.05, 4.69) is 15.5 Å². The van der Waals surface area contributed by atoms with E-state index in [9.17, 15) is 4.79 Å². The Kier molecular flexibility index (Phi) is 6.69. The SMILES string of the molecule is Cl.NCCCCNC(=O)c1cnn(-c2ccccc2)n1. The number of rotatable bonds is 6. The molecule has 3 N–H and O–H groups in total. The maximum Gasteiger partial charge on any atom is 0.273 e. The summed E-state index contributed by atoms with van der Waals surface area (Å²) < 4.78 is 0. The first-order chi connectivity index (χ1) is 9.31. The molecular formula is C13H18ClN5O. The van der Waals surface area contributed by atoms with Gasteiger partial charge in [0, 0.05) is 6.54 Å². The average Bonchev–Trinajstić information content (AvgIpc) is 2.94. The van der Waals surface area contributed by atoms with E-state index in [4.69, 9.17) is 5.73 Å². The molecule has 1 heterocycles. The highest BCUT2D eigenvalue weighted by Gasteiger charge is 2.10. The lowest BCUT2D eigenvalue weighted by Gasteiger charge is -2.01. The highest BCUT2D eigenvalue weighted by atomic mass is 35.5. The Bertz CT molecular complexity index is 529. The normalized spacial score (nSPS) is 9.85. The summed E-state index contributed by atoms with van der Waals surface area (Å²) in [6, 6.07) is 9.46. The van der Waals surface area contributed by atoms with Gasteiger partial charge in [0.25, 0.3) is 5.91 Å². The van der Waals surface area contributed by atoms with Crippen molar-refractivity contribution in [3.05, 3.63) is 42.2 Å². The number of nitrogens with two attached hydrogens (primary N) is 1. The third kappa shape index (κ3) is 4.32. The van der Waals surface area contributed by atoms with Crippen LogP contribution in [0.15, 0.2) is 36.5 Å². The van der Waals surface area contributed by atoms with E-state index in [1.165, 1.54) is 11.0 Å². The zero-order chi connectivity index (χ0) is 13.5. The number of amides is 1. The number of aromatic nitrogens is 3. The lowest BCUT2D eigenvalue weighted by Crippen LogP contribution is -2.25. The molecule has 0 atom stereocenters. The summed E-state index contributed by atoms with van der Waals surface area (Å²) in [4.78, 5) is 13.2. The lowest BCUT2D eigenvalue weighted by atomic mass is 10.3. The van der Waals surface area contributed by atoms with Gasteiger partial charge in [-0.25, -0.2) is 0 Å². The van der Waals surface area contributed by atoms with Crippen LogP contribution in [0.5, 0.6) is 0 Å². The van der Waals surface area contributed by atoms with Crippen LogP contribution in [-0.2, 0) is 0 Å². The summed E-state index contributed by atoms with van der Waals surface area (Å²) in [5, 5.41) is 11.0. The second-order valence-corrected chi connectivity index (χ2v) is 4.11. The number of para-hydroxylation sites is 1. The van der Waals surface area contributed by atoms with Gasteiger partial charge < -0.3 is 11.1 Å². The van der Waals surface area contributed by atoms with Crippen molar-refractivity contribution in [2.45, 2.75) is 12.8 Å². The molecule has 1 amide bonds. The Morgan fingerprint density at radius 2 is 2.00 bits per heavy atom. The van der Waals surface area contributed by atoms with Crippen molar-refractivity contribution >= 4 is 18.3 Å². The number of nitrogens with one attached hydrogen (secondary N) is 1. The van der Waals surface area contributed by atoms with Crippen LogP contribution >= 0.6 is 12.4 Å². The molecule has 0 bridgehead atoms. The first-order valence-corrected chi connectivity index (χ1v) is 6.27. The van der Waals surface area contributed by atoms with Crippen molar-refractivity contribution < 1.29 is 4.79 Å². The van der Waals surface area contributed by atoms with Crippen molar-refractivity contribution in [1.29, 1.82) is 0 Å². The number of nitrogens with zero attached hydrogens (tertiary/aromatic N) is 3. The minimum atomic E-state index is -0.209. The van der Waals surface area contributed by atoms with E-state index in [1.54, 1.807) is 0 Å². The molecule has 20 heavy (non-hydrogen) atoms. The van der Waals surface area contributed by atoms with E-state index in [0.29, 0.717) is 18.8 Å². The number of hydrogen-bond donors (Lipinski definition) is 2. The number of carbonyl (C=O) groups is 1. The number of hydrogen-bond acceptors (Lipinski definition) is 4. The third-order valence-electron chi connectivity index (χ3n) is 2.63. The van der Waals surface area contributed by atoms with Crippen LogP contribution in [0.4, 0.5) is 0 Å². The Morgan fingerprint density at radius 1 is 1.25 bits per heavy atom. The molecule has 1 aromatic carbocycles. The van der Waals surface area contributed by atoms with Gasteiger partial charge in [0.05, 0.1) is 11.9 Å². The first-order valence-electron chi connectivity index (χ1n) is 6.27. The molecule has 2 rings (SSSR count). The van der Waals surface area contributed by atoms with Crippen LogP contribution in [-0.4, -0.2) is 34.0 Å². The molecular weight excluding hydrogens is 278 g/mol. The fraction of sp³-hybridized carbons (Fsp3) is 0.308. The monoisotopic (exact) mass is 295 g/mol. The molecule has 0 aliphatic rings. The molecule has 2 aromatic rings. The highest BCUT2D eigenvalue weighted by Crippen LogP contribution is 2.04. The van der Waals surface area contributed by atoms with E-state index in [0.717, 1.165) is 18.5 Å². The number of unbranched alkanes of at least 4 members (excludes halogenated alkanes) is 1. The largest absolute Gasteiger partial charge is 0.351 e. The topological polar surface area (TPSA) is 85.8 Å². The van der Waals surface area contributed by atoms with Gasteiger partial charge in [-0.1, -0.05) is 18.2 Å². The maximum atomic E-state index is 11.8. The molecule has 0 spiro atoms. The Morgan fingerprint density at radius 3 is 2.70 bits per heavy atom. The summed E-state index contributed by atoms with van der Waals surface area (Å²) in [5.74, 6) is -0.209. The van der Waals surface area contributed by atoms with Gasteiger partial charge in [-0.05, 0) is 31.5 Å². The summed E-state index contributed by atoms with van der Waals surface area (Å²) in [5.41, 5.74) is 6.53. The van der Waals surface area contributed by atoms with E-state index in [1.807, 2.05) is 30.3 Å². The number of benzene rings is 1. The second-order valence-electron chi connectivity index (χ2n) is 4.11. The summed E-state index contributed by atoms with van der Waals surface area (Å²) in [6.45, 7) is 1.24. The molecule has 0 unspecified atom stereocenters. The molecule has 1 aromatic heterocycles. The van der Waals surface area contributed by atoms with Crippen LogP contribution in [0, 0.1) is 0 Å². The van der Waals surface area contributed by atoms with Gasteiger partial charge in [-0.3, -0.25) is 4.79 Å². The molecule has 0 aliphatic heterocycles. The van der Waals surface area contributed by atoms with E-state index in [-0.39, 0.29) is 18.3 Å². The smallest absolute Gasteiger partial charge is 0.273 e. The van der Waals surface area contributed by atoms with Crippen LogP contribution in [0.3, 0.4) is 0 Å². The van der Waals surface area contributed by atoms with Gasteiger partial charge in [0.1, 0.15) is 0 Å². The number of carbonyl (C=O) groups excluding carboxylic acids is 1. The molecule has 108 valence electrons. The Hall–Kier alpha value is -1.92. The standard InChI is InChI=1S/C13H17N5O.ClH/c14-8-4-5-9-15-13(19)12-10-16-18(17-12)11-6-2-1-3-7-11;/h1-3,6-7,10H,4-5,8-9,14H2,(H,15,19);1H. The minimum Gasteiger partial charge on any atom is -0.351 e. The predicted molar refractivity (Wildman–Crippen MR) is 79.2 cm³/mol. The van der Waals surface area contributed by atoms with Crippen LogP contribution in [0.1, 0.15) is 23.3 Å². The van der Waals surface area contributed by atoms with Gasteiger partial charge in [-0.15, -0.1) is 17.5 Å². The summed E-state index contributed by atoms with van der Waals surface area (Å²) in [7, 11) is 0. The zero-order valence-electron chi connectivity index (χ0n) is 11.0.